The third-order valence-electron chi connectivity index (χ3n) is 7.98. The number of oxazole rings is 1. The molecule has 2 heterocycles. The van der Waals surface area contributed by atoms with Crippen LogP contribution in [0.2, 0.25) is 0 Å². The molecule has 222 valence electrons. The largest absolute Gasteiger partial charge is 0.507 e. The molecule has 0 spiro atoms. The van der Waals surface area contributed by atoms with Crippen LogP contribution in [0.15, 0.2) is 71.1 Å². The number of nitrogens with zero attached hydrogens (tertiary/aromatic N) is 2. The Bertz CT molecular complexity index is 1450. The van der Waals surface area contributed by atoms with E-state index in [1.165, 1.54) is 5.56 Å². The summed E-state index contributed by atoms with van der Waals surface area (Å²) in [5, 5.41) is 11.5. The van der Waals surface area contributed by atoms with Crippen LogP contribution >= 0.6 is 0 Å². The summed E-state index contributed by atoms with van der Waals surface area (Å²) >= 11 is 0. The number of ether oxygens (including phenoxy) is 2. The van der Waals surface area contributed by atoms with Crippen molar-refractivity contribution in [2.24, 2.45) is 0 Å². The van der Waals surface area contributed by atoms with E-state index in [2.05, 4.69) is 95.0 Å². The average Bonchev–Trinajstić information content (AvgIpc) is 3.37. The van der Waals surface area contributed by atoms with Crippen molar-refractivity contribution in [3.05, 3.63) is 106 Å². The Labute approximate surface area is 250 Å². The highest BCUT2D eigenvalue weighted by Crippen LogP contribution is 2.44. The van der Waals surface area contributed by atoms with Crippen molar-refractivity contribution in [2.75, 3.05) is 38.3 Å². The molecule has 4 aromatic rings. The van der Waals surface area contributed by atoms with Gasteiger partial charge in [-0.15, -0.1) is 0 Å². The standard InChI is InChI=1S/C36H44N2O4/c1-35(2,3)28-22-26(23-29(32(28)39)36(4,5)6)31(25-13-15-27(40-7)16-14-25)33-37-30(21-24-11-9-8-10-12-24)34(42-33)38-17-19-41-20-18-38/h8-16,22-23,31,39H,17-21H2,1-7H3. The highest BCUT2D eigenvalue weighted by Gasteiger charge is 2.32. The second-order valence-corrected chi connectivity index (χ2v) is 13.2. The fourth-order valence-electron chi connectivity index (χ4n) is 5.64. The molecule has 1 aromatic heterocycles. The number of aromatic hydroxyl groups is 1. The number of aromatic nitrogens is 1. The normalized spacial score (nSPS) is 15.1. The van der Waals surface area contributed by atoms with Crippen LogP contribution in [0.4, 0.5) is 5.88 Å². The van der Waals surface area contributed by atoms with Gasteiger partial charge in [0, 0.05) is 19.5 Å². The zero-order valence-electron chi connectivity index (χ0n) is 26.0. The third kappa shape index (κ3) is 6.34. The first kappa shape index (κ1) is 29.7. The molecule has 5 rings (SSSR count). The van der Waals surface area contributed by atoms with Crippen LogP contribution in [0.3, 0.4) is 0 Å². The molecule has 1 aliphatic rings. The monoisotopic (exact) mass is 568 g/mol. The van der Waals surface area contributed by atoms with Gasteiger partial charge in [-0.05, 0) is 50.8 Å². The minimum Gasteiger partial charge on any atom is -0.507 e. The van der Waals surface area contributed by atoms with Gasteiger partial charge in [-0.1, -0.05) is 96.1 Å². The van der Waals surface area contributed by atoms with Crippen molar-refractivity contribution < 1.29 is 19.0 Å². The molecule has 0 bridgehead atoms. The van der Waals surface area contributed by atoms with Gasteiger partial charge < -0.3 is 23.9 Å². The Morgan fingerprint density at radius 1 is 0.857 bits per heavy atom. The van der Waals surface area contributed by atoms with E-state index in [1.807, 2.05) is 18.2 Å². The molecule has 1 fully saturated rings. The molecular formula is C36H44N2O4. The minimum absolute atomic E-state index is 0.265. The van der Waals surface area contributed by atoms with E-state index in [9.17, 15) is 5.11 Å². The molecule has 1 aliphatic heterocycles. The van der Waals surface area contributed by atoms with Crippen molar-refractivity contribution in [2.45, 2.75) is 64.7 Å². The van der Waals surface area contributed by atoms with Crippen molar-refractivity contribution in [1.29, 1.82) is 0 Å². The molecule has 0 saturated carbocycles. The molecule has 1 N–H and O–H groups in total. The average molecular weight is 569 g/mol. The molecule has 6 heteroatoms. The first-order valence-corrected chi connectivity index (χ1v) is 14.8. The van der Waals surface area contributed by atoms with Gasteiger partial charge in [0.1, 0.15) is 17.2 Å². The Balaban J connectivity index is 1.73. The second kappa shape index (κ2) is 11.8. The van der Waals surface area contributed by atoms with Crippen LogP contribution in [0, 0.1) is 0 Å². The van der Waals surface area contributed by atoms with Crippen LogP contribution in [0.5, 0.6) is 11.5 Å². The molecule has 1 atom stereocenters. The summed E-state index contributed by atoms with van der Waals surface area (Å²) < 4.78 is 17.9. The maximum Gasteiger partial charge on any atom is 0.220 e. The lowest BCUT2D eigenvalue weighted by Gasteiger charge is -2.29. The predicted molar refractivity (Wildman–Crippen MR) is 168 cm³/mol. The van der Waals surface area contributed by atoms with E-state index in [0.717, 1.165) is 52.7 Å². The summed E-state index contributed by atoms with van der Waals surface area (Å²) in [7, 11) is 1.68. The number of phenolic OH excluding ortho intramolecular Hbond substituents is 1. The van der Waals surface area contributed by atoms with E-state index in [-0.39, 0.29) is 16.7 Å². The summed E-state index contributed by atoms with van der Waals surface area (Å²) in [4.78, 5) is 7.49. The molecule has 1 unspecified atom stereocenters. The van der Waals surface area contributed by atoms with Crippen molar-refractivity contribution in [1.82, 2.24) is 4.98 Å². The van der Waals surface area contributed by atoms with Gasteiger partial charge in [0.05, 0.1) is 26.2 Å². The zero-order valence-corrected chi connectivity index (χ0v) is 26.0. The number of hydrogen-bond donors (Lipinski definition) is 1. The summed E-state index contributed by atoms with van der Waals surface area (Å²) in [5.41, 5.74) is 5.47. The Kier molecular flexibility index (Phi) is 8.38. The van der Waals surface area contributed by atoms with E-state index in [1.54, 1.807) is 7.11 Å². The van der Waals surface area contributed by atoms with Gasteiger partial charge in [0.15, 0.2) is 0 Å². The lowest BCUT2D eigenvalue weighted by molar-refractivity contribution is 0.120. The lowest BCUT2D eigenvalue weighted by Crippen LogP contribution is -2.36. The maximum atomic E-state index is 11.5. The third-order valence-corrected chi connectivity index (χ3v) is 7.98. The van der Waals surface area contributed by atoms with E-state index >= 15 is 0 Å². The first-order chi connectivity index (χ1) is 20.0. The number of rotatable bonds is 7. The van der Waals surface area contributed by atoms with Gasteiger partial charge in [-0.3, -0.25) is 0 Å². The number of benzene rings is 3. The maximum absolute atomic E-state index is 11.5. The van der Waals surface area contributed by atoms with Crippen LogP contribution in [-0.4, -0.2) is 43.5 Å². The van der Waals surface area contributed by atoms with Crippen molar-refractivity contribution in [3.63, 3.8) is 0 Å². The van der Waals surface area contributed by atoms with Crippen LogP contribution in [0.25, 0.3) is 0 Å². The molecule has 42 heavy (non-hydrogen) atoms. The summed E-state index contributed by atoms with van der Waals surface area (Å²) in [6.45, 7) is 15.7. The Hall–Kier alpha value is -3.77. The Morgan fingerprint density at radius 3 is 2.00 bits per heavy atom. The Morgan fingerprint density at radius 2 is 1.45 bits per heavy atom. The van der Waals surface area contributed by atoms with Gasteiger partial charge in [-0.25, -0.2) is 4.98 Å². The highest BCUT2D eigenvalue weighted by atomic mass is 16.5. The SMILES string of the molecule is COc1ccc(C(c2cc(C(C)(C)C)c(O)c(C(C)(C)C)c2)c2nc(Cc3ccccc3)c(N3CCOCC3)o2)cc1. The quantitative estimate of drug-likeness (QED) is 0.248. The van der Waals surface area contributed by atoms with Crippen molar-refractivity contribution in [3.8, 4) is 11.5 Å². The van der Waals surface area contributed by atoms with Gasteiger partial charge >= 0.3 is 0 Å². The van der Waals surface area contributed by atoms with Crippen molar-refractivity contribution >= 4 is 5.88 Å². The number of phenols is 1. The number of hydrogen-bond acceptors (Lipinski definition) is 6. The highest BCUT2D eigenvalue weighted by molar-refractivity contribution is 5.54. The van der Waals surface area contributed by atoms with E-state index in [4.69, 9.17) is 18.9 Å². The number of morpholine rings is 1. The molecule has 0 radical (unpaired) electrons. The molecule has 0 amide bonds. The molecule has 6 nitrogen and oxygen atoms in total. The lowest BCUT2D eigenvalue weighted by atomic mass is 9.76. The molecule has 1 saturated heterocycles. The van der Waals surface area contributed by atoms with Gasteiger partial charge in [0.25, 0.3) is 0 Å². The topological polar surface area (TPSA) is 68.0 Å². The second-order valence-electron chi connectivity index (χ2n) is 13.2. The van der Waals surface area contributed by atoms with E-state index in [0.29, 0.717) is 31.3 Å². The van der Waals surface area contributed by atoms with Gasteiger partial charge in [-0.2, -0.15) is 0 Å². The number of anilines is 1. The van der Waals surface area contributed by atoms with Gasteiger partial charge in [0.2, 0.25) is 11.8 Å². The van der Waals surface area contributed by atoms with Crippen LogP contribution in [-0.2, 0) is 22.0 Å². The predicted octanol–water partition coefficient (Wildman–Crippen LogP) is 7.59. The zero-order chi connectivity index (χ0) is 30.1. The fourth-order valence-corrected chi connectivity index (χ4v) is 5.64. The minimum atomic E-state index is -0.289. The number of methoxy groups -OCH3 is 1. The smallest absolute Gasteiger partial charge is 0.220 e. The summed E-state index contributed by atoms with van der Waals surface area (Å²) in [5.74, 6) is 2.31. The summed E-state index contributed by atoms with van der Waals surface area (Å²) in [6.07, 6.45) is 0.669. The fraction of sp³-hybridized carbons (Fsp3) is 0.417. The molecule has 3 aromatic carbocycles. The van der Waals surface area contributed by atoms with E-state index < -0.39 is 0 Å². The first-order valence-electron chi connectivity index (χ1n) is 14.8. The molecule has 0 aliphatic carbocycles. The van der Waals surface area contributed by atoms with Crippen LogP contribution < -0.4 is 9.64 Å². The molecular weight excluding hydrogens is 524 g/mol. The van der Waals surface area contributed by atoms with Crippen LogP contribution in [0.1, 0.15) is 86.9 Å². The summed E-state index contributed by atoms with van der Waals surface area (Å²) in [6, 6.07) is 22.8.